The van der Waals surface area contributed by atoms with Crippen LogP contribution in [0, 0.1) is 5.82 Å². The molecule has 0 saturated heterocycles. The third kappa shape index (κ3) is 3.14. The van der Waals surface area contributed by atoms with Crippen molar-refractivity contribution in [1.82, 2.24) is 9.97 Å². The first-order valence-electron chi connectivity index (χ1n) is 6.48. The molecule has 0 aliphatic rings. The van der Waals surface area contributed by atoms with Crippen molar-refractivity contribution in [2.24, 2.45) is 0 Å². The number of benzene rings is 1. The van der Waals surface area contributed by atoms with Crippen LogP contribution in [0.15, 0.2) is 30.3 Å². The molecular formula is C14H18FN5. The predicted octanol–water partition coefficient (Wildman–Crippen LogP) is 2.79. The molecule has 0 bridgehead atoms. The van der Waals surface area contributed by atoms with Gasteiger partial charge in [-0.05, 0) is 18.6 Å². The standard InChI is InChI=1S/C14H18FN5/c1-3-8-17-12-9-13(19-14(16)18-12)20(2)11-7-5-4-6-10(11)15/h4-7,9H,3,8H2,1-2H3,(H3,16,17,18,19). The van der Waals surface area contributed by atoms with E-state index in [0.29, 0.717) is 17.3 Å². The Bertz CT molecular complexity index is 588. The van der Waals surface area contributed by atoms with Crippen molar-refractivity contribution < 1.29 is 4.39 Å². The maximum atomic E-state index is 13.8. The van der Waals surface area contributed by atoms with Crippen LogP contribution < -0.4 is 16.0 Å². The molecule has 0 aliphatic heterocycles. The Morgan fingerprint density at radius 2 is 2.05 bits per heavy atom. The molecule has 0 fully saturated rings. The minimum absolute atomic E-state index is 0.157. The Kier molecular flexibility index (Phi) is 4.34. The van der Waals surface area contributed by atoms with Crippen LogP contribution in [0.2, 0.25) is 0 Å². The van der Waals surface area contributed by atoms with Crippen LogP contribution in [0.25, 0.3) is 0 Å². The zero-order chi connectivity index (χ0) is 14.5. The van der Waals surface area contributed by atoms with Crippen LogP contribution >= 0.6 is 0 Å². The summed E-state index contributed by atoms with van der Waals surface area (Å²) < 4.78 is 13.8. The summed E-state index contributed by atoms with van der Waals surface area (Å²) in [5.41, 5.74) is 6.14. The fourth-order valence-electron chi connectivity index (χ4n) is 1.82. The van der Waals surface area contributed by atoms with Gasteiger partial charge in [0.25, 0.3) is 0 Å². The minimum Gasteiger partial charge on any atom is -0.370 e. The van der Waals surface area contributed by atoms with Gasteiger partial charge in [0.1, 0.15) is 17.5 Å². The SMILES string of the molecule is CCCNc1cc(N(C)c2ccccc2F)nc(N)n1. The second kappa shape index (κ2) is 6.18. The molecule has 20 heavy (non-hydrogen) atoms. The number of aromatic nitrogens is 2. The molecule has 3 N–H and O–H groups in total. The van der Waals surface area contributed by atoms with Gasteiger partial charge in [0.2, 0.25) is 5.95 Å². The fraction of sp³-hybridized carbons (Fsp3) is 0.286. The normalized spacial score (nSPS) is 10.3. The van der Waals surface area contributed by atoms with E-state index in [1.54, 1.807) is 36.2 Å². The highest BCUT2D eigenvalue weighted by Gasteiger charge is 2.12. The van der Waals surface area contributed by atoms with E-state index in [1.165, 1.54) is 6.07 Å². The fourth-order valence-corrected chi connectivity index (χ4v) is 1.82. The Hall–Kier alpha value is -2.37. The minimum atomic E-state index is -0.310. The van der Waals surface area contributed by atoms with Gasteiger partial charge in [-0.1, -0.05) is 19.1 Å². The van der Waals surface area contributed by atoms with E-state index in [0.717, 1.165) is 13.0 Å². The molecule has 6 heteroatoms. The number of nitrogen functional groups attached to an aromatic ring is 1. The molecule has 0 unspecified atom stereocenters. The number of anilines is 4. The first-order chi connectivity index (χ1) is 9.61. The molecule has 5 nitrogen and oxygen atoms in total. The van der Waals surface area contributed by atoms with Gasteiger partial charge in [-0.3, -0.25) is 0 Å². The molecule has 1 aromatic heterocycles. The van der Waals surface area contributed by atoms with E-state index < -0.39 is 0 Å². The first-order valence-corrected chi connectivity index (χ1v) is 6.48. The van der Waals surface area contributed by atoms with Crippen molar-refractivity contribution in [2.75, 3.05) is 29.5 Å². The summed E-state index contributed by atoms with van der Waals surface area (Å²) in [4.78, 5) is 9.89. The number of nitrogens with one attached hydrogen (secondary N) is 1. The molecule has 106 valence electrons. The van der Waals surface area contributed by atoms with Gasteiger partial charge < -0.3 is 16.0 Å². The van der Waals surface area contributed by atoms with Crippen LogP contribution in [0.3, 0.4) is 0 Å². The smallest absolute Gasteiger partial charge is 0.223 e. The van der Waals surface area contributed by atoms with Crippen LogP contribution in [-0.2, 0) is 0 Å². The molecule has 2 aromatic rings. The molecule has 0 spiro atoms. The van der Waals surface area contributed by atoms with Gasteiger partial charge in [-0.25, -0.2) is 4.39 Å². The Balaban J connectivity index is 2.32. The maximum absolute atomic E-state index is 13.8. The van der Waals surface area contributed by atoms with E-state index in [-0.39, 0.29) is 11.8 Å². The Morgan fingerprint density at radius 1 is 1.30 bits per heavy atom. The van der Waals surface area contributed by atoms with Crippen molar-refractivity contribution in [3.63, 3.8) is 0 Å². The van der Waals surface area contributed by atoms with Crippen LogP contribution in [0.1, 0.15) is 13.3 Å². The zero-order valence-electron chi connectivity index (χ0n) is 11.6. The number of rotatable bonds is 5. The van der Waals surface area contributed by atoms with E-state index in [1.807, 2.05) is 0 Å². The van der Waals surface area contributed by atoms with Crippen LogP contribution in [-0.4, -0.2) is 23.6 Å². The Labute approximate surface area is 117 Å². The average molecular weight is 275 g/mol. The average Bonchev–Trinajstić information content (AvgIpc) is 2.44. The number of hydrogen-bond donors (Lipinski definition) is 2. The van der Waals surface area contributed by atoms with Gasteiger partial charge in [-0.15, -0.1) is 0 Å². The van der Waals surface area contributed by atoms with E-state index in [4.69, 9.17) is 5.73 Å². The topological polar surface area (TPSA) is 67.1 Å². The van der Waals surface area contributed by atoms with Crippen LogP contribution in [0.4, 0.5) is 27.7 Å². The summed E-state index contributed by atoms with van der Waals surface area (Å²) in [5, 5.41) is 3.14. The van der Waals surface area contributed by atoms with E-state index in [2.05, 4.69) is 22.2 Å². The number of hydrogen-bond acceptors (Lipinski definition) is 5. The van der Waals surface area contributed by atoms with Gasteiger partial charge in [0, 0.05) is 19.7 Å². The predicted molar refractivity (Wildman–Crippen MR) is 79.7 cm³/mol. The number of para-hydroxylation sites is 1. The molecule has 0 radical (unpaired) electrons. The van der Waals surface area contributed by atoms with Crippen molar-refractivity contribution >= 4 is 23.3 Å². The van der Waals surface area contributed by atoms with Crippen molar-refractivity contribution in [3.05, 3.63) is 36.1 Å². The summed E-state index contributed by atoms with van der Waals surface area (Å²) in [6.07, 6.45) is 0.975. The van der Waals surface area contributed by atoms with Gasteiger partial charge >= 0.3 is 0 Å². The quantitative estimate of drug-likeness (QED) is 0.878. The summed E-state index contributed by atoms with van der Waals surface area (Å²) in [6.45, 7) is 2.85. The molecule has 0 aliphatic carbocycles. The maximum Gasteiger partial charge on any atom is 0.223 e. The van der Waals surface area contributed by atoms with Gasteiger partial charge in [-0.2, -0.15) is 9.97 Å². The largest absolute Gasteiger partial charge is 0.370 e. The molecule has 1 heterocycles. The third-order valence-corrected chi connectivity index (χ3v) is 2.84. The molecular weight excluding hydrogens is 257 g/mol. The van der Waals surface area contributed by atoms with E-state index >= 15 is 0 Å². The highest BCUT2D eigenvalue weighted by molar-refractivity contribution is 5.63. The van der Waals surface area contributed by atoms with Crippen LogP contribution in [0.5, 0.6) is 0 Å². The second-order valence-corrected chi connectivity index (χ2v) is 4.41. The lowest BCUT2D eigenvalue weighted by Crippen LogP contribution is -2.15. The Morgan fingerprint density at radius 3 is 2.75 bits per heavy atom. The van der Waals surface area contributed by atoms with Crippen molar-refractivity contribution in [3.8, 4) is 0 Å². The highest BCUT2D eigenvalue weighted by Crippen LogP contribution is 2.26. The molecule has 0 amide bonds. The summed E-state index contributed by atoms with van der Waals surface area (Å²) in [5.74, 6) is 1.03. The van der Waals surface area contributed by atoms with E-state index in [9.17, 15) is 4.39 Å². The second-order valence-electron chi connectivity index (χ2n) is 4.41. The lowest BCUT2D eigenvalue weighted by molar-refractivity contribution is 0.627. The van der Waals surface area contributed by atoms with Gasteiger partial charge in [0.05, 0.1) is 5.69 Å². The molecule has 0 atom stereocenters. The summed E-state index contributed by atoms with van der Waals surface area (Å²) >= 11 is 0. The first kappa shape index (κ1) is 14.0. The summed E-state index contributed by atoms with van der Waals surface area (Å²) in [6, 6.07) is 8.27. The third-order valence-electron chi connectivity index (χ3n) is 2.84. The monoisotopic (exact) mass is 275 g/mol. The molecule has 0 saturated carbocycles. The summed E-state index contributed by atoms with van der Waals surface area (Å²) in [7, 11) is 1.74. The zero-order valence-corrected chi connectivity index (χ0v) is 11.6. The lowest BCUT2D eigenvalue weighted by Gasteiger charge is -2.19. The number of nitrogens with two attached hydrogens (primary N) is 1. The highest BCUT2D eigenvalue weighted by atomic mass is 19.1. The van der Waals surface area contributed by atoms with Crippen molar-refractivity contribution in [1.29, 1.82) is 0 Å². The number of nitrogens with zero attached hydrogens (tertiary/aromatic N) is 3. The number of halogens is 1. The molecule has 2 rings (SSSR count). The lowest BCUT2D eigenvalue weighted by atomic mass is 10.3. The van der Waals surface area contributed by atoms with Crippen molar-refractivity contribution in [2.45, 2.75) is 13.3 Å². The van der Waals surface area contributed by atoms with Gasteiger partial charge in [0.15, 0.2) is 0 Å². The molecule has 1 aromatic carbocycles.